The van der Waals surface area contributed by atoms with Crippen LogP contribution in [0.4, 0.5) is 0 Å². The molecule has 0 bridgehead atoms. The van der Waals surface area contributed by atoms with E-state index < -0.39 is 5.97 Å². The van der Waals surface area contributed by atoms with E-state index in [0.717, 1.165) is 25.7 Å². The van der Waals surface area contributed by atoms with Crippen LogP contribution in [0, 0.1) is 5.92 Å². The van der Waals surface area contributed by atoms with Crippen LogP contribution in [0.2, 0.25) is 0 Å². The van der Waals surface area contributed by atoms with Crippen LogP contribution in [-0.4, -0.2) is 23.5 Å². The van der Waals surface area contributed by atoms with E-state index in [1.54, 1.807) is 0 Å². The van der Waals surface area contributed by atoms with Crippen LogP contribution in [0.3, 0.4) is 0 Å². The number of carboxylic acids is 1. The Hall–Kier alpha value is -1.32. The van der Waals surface area contributed by atoms with Crippen molar-refractivity contribution in [3.63, 3.8) is 0 Å². The number of carbonyl (C=O) groups excluding carboxylic acids is 1. The van der Waals surface area contributed by atoms with Crippen LogP contribution >= 0.6 is 0 Å². The quantitative estimate of drug-likeness (QED) is 0.269. The molecule has 4 nitrogen and oxygen atoms in total. The summed E-state index contributed by atoms with van der Waals surface area (Å²) >= 11 is 0. The fourth-order valence-electron chi connectivity index (χ4n) is 2.81. The number of carboxylic acid groups (broad SMARTS) is 1. The van der Waals surface area contributed by atoms with Gasteiger partial charge in [-0.3, -0.25) is 9.59 Å². The van der Waals surface area contributed by atoms with Gasteiger partial charge in [0, 0.05) is 5.92 Å². The van der Waals surface area contributed by atoms with E-state index in [1.165, 1.54) is 57.8 Å². The van der Waals surface area contributed by atoms with E-state index in [4.69, 9.17) is 5.11 Å². The first-order valence-corrected chi connectivity index (χ1v) is 10.2. The molecular weight excluding hydrogens is 314 g/mol. The van der Waals surface area contributed by atoms with Gasteiger partial charge in [-0.15, -0.1) is 0 Å². The molecule has 146 valence electrons. The lowest BCUT2D eigenvalue weighted by Gasteiger charge is -2.10. The maximum absolute atomic E-state index is 11.6. The minimum absolute atomic E-state index is 0.100. The van der Waals surface area contributed by atoms with Gasteiger partial charge in [0.1, 0.15) is 6.54 Å². The van der Waals surface area contributed by atoms with Crippen LogP contribution in [0.5, 0.6) is 0 Å². The number of nitrogens with one attached hydrogen (secondary N) is 1. The Bertz CT molecular complexity index is 366. The second-order valence-corrected chi connectivity index (χ2v) is 7.03. The molecule has 0 fully saturated rings. The Kier molecular flexibility index (Phi) is 16.6. The van der Waals surface area contributed by atoms with Crippen molar-refractivity contribution in [3.05, 3.63) is 12.2 Å². The maximum atomic E-state index is 11.6. The van der Waals surface area contributed by atoms with E-state index in [1.807, 2.05) is 6.92 Å². The van der Waals surface area contributed by atoms with Crippen molar-refractivity contribution >= 4 is 11.9 Å². The van der Waals surface area contributed by atoms with Crippen LogP contribution < -0.4 is 5.32 Å². The molecule has 25 heavy (non-hydrogen) atoms. The number of unbranched alkanes of at least 4 members (excludes halogenated alkanes) is 10. The average molecular weight is 354 g/mol. The van der Waals surface area contributed by atoms with Crippen LogP contribution in [0.1, 0.15) is 97.3 Å². The molecule has 1 amide bonds. The fourth-order valence-corrected chi connectivity index (χ4v) is 2.81. The molecule has 0 aliphatic carbocycles. The summed E-state index contributed by atoms with van der Waals surface area (Å²) in [6, 6.07) is 0. The summed E-state index contributed by atoms with van der Waals surface area (Å²) in [5.74, 6) is -1.25. The van der Waals surface area contributed by atoms with E-state index in [9.17, 15) is 9.59 Å². The molecule has 2 N–H and O–H groups in total. The summed E-state index contributed by atoms with van der Waals surface area (Å²) in [6.07, 6.45) is 20.6. The smallest absolute Gasteiger partial charge is 0.322 e. The lowest BCUT2D eigenvalue weighted by Crippen LogP contribution is -2.33. The third kappa shape index (κ3) is 17.3. The summed E-state index contributed by atoms with van der Waals surface area (Å²) < 4.78 is 0. The Labute approximate surface area is 154 Å². The van der Waals surface area contributed by atoms with Gasteiger partial charge in [0.05, 0.1) is 0 Å². The zero-order valence-electron chi connectivity index (χ0n) is 16.4. The SMILES string of the molecule is CCCCCCCC/C=C\CCCCCCC(C)C(=O)NCC(=O)O. The molecule has 0 aromatic carbocycles. The normalized spacial score (nSPS) is 12.4. The fraction of sp³-hybridized carbons (Fsp3) is 0.810. The molecule has 1 atom stereocenters. The number of amides is 1. The van der Waals surface area contributed by atoms with Gasteiger partial charge >= 0.3 is 5.97 Å². The Morgan fingerprint density at radius 3 is 1.96 bits per heavy atom. The highest BCUT2D eigenvalue weighted by molar-refractivity contribution is 5.82. The number of allylic oxidation sites excluding steroid dienone is 2. The zero-order valence-corrected chi connectivity index (χ0v) is 16.4. The monoisotopic (exact) mass is 353 g/mol. The number of carbonyl (C=O) groups is 2. The van der Waals surface area contributed by atoms with Gasteiger partial charge < -0.3 is 10.4 Å². The predicted octanol–water partition coefficient (Wildman–Crippen LogP) is 5.47. The second kappa shape index (κ2) is 17.5. The summed E-state index contributed by atoms with van der Waals surface area (Å²) in [5, 5.41) is 11.0. The maximum Gasteiger partial charge on any atom is 0.322 e. The summed E-state index contributed by atoms with van der Waals surface area (Å²) in [6.45, 7) is 3.83. The van der Waals surface area contributed by atoms with E-state index in [-0.39, 0.29) is 18.4 Å². The van der Waals surface area contributed by atoms with E-state index in [0.29, 0.717) is 0 Å². The van der Waals surface area contributed by atoms with E-state index >= 15 is 0 Å². The highest BCUT2D eigenvalue weighted by atomic mass is 16.4. The molecule has 0 rings (SSSR count). The lowest BCUT2D eigenvalue weighted by atomic mass is 10.0. The first-order chi connectivity index (χ1) is 12.1. The molecule has 0 aromatic heterocycles. The summed E-state index contributed by atoms with van der Waals surface area (Å²) in [5.41, 5.74) is 0. The Morgan fingerprint density at radius 1 is 0.880 bits per heavy atom. The van der Waals surface area contributed by atoms with Crippen molar-refractivity contribution in [1.29, 1.82) is 0 Å². The minimum atomic E-state index is -0.995. The molecule has 0 aliphatic heterocycles. The summed E-state index contributed by atoms with van der Waals surface area (Å²) in [4.78, 5) is 22.0. The minimum Gasteiger partial charge on any atom is -0.480 e. The predicted molar refractivity (Wildman–Crippen MR) is 105 cm³/mol. The highest BCUT2D eigenvalue weighted by Gasteiger charge is 2.12. The third-order valence-corrected chi connectivity index (χ3v) is 4.51. The van der Waals surface area contributed by atoms with Gasteiger partial charge in [0.15, 0.2) is 0 Å². The number of hydrogen-bond donors (Lipinski definition) is 2. The highest BCUT2D eigenvalue weighted by Crippen LogP contribution is 2.12. The molecule has 4 heteroatoms. The molecule has 0 spiro atoms. The van der Waals surface area contributed by atoms with Crippen molar-refractivity contribution in [3.8, 4) is 0 Å². The van der Waals surface area contributed by atoms with Crippen molar-refractivity contribution in [1.82, 2.24) is 5.32 Å². The second-order valence-electron chi connectivity index (χ2n) is 7.03. The van der Waals surface area contributed by atoms with Crippen LogP contribution in [-0.2, 0) is 9.59 Å². The van der Waals surface area contributed by atoms with Gasteiger partial charge in [-0.1, -0.05) is 77.4 Å². The first kappa shape index (κ1) is 23.7. The molecule has 0 heterocycles. The van der Waals surface area contributed by atoms with Crippen LogP contribution in [0.25, 0.3) is 0 Å². The Balaban J connectivity index is 3.36. The van der Waals surface area contributed by atoms with Crippen molar-refractivity contribution in [2.45, 2.75) is 97.3 Å². The molecule has 1 unspecified atom stereocenters. The number of aliphatic carboxylic acids is 1. The van der Waals surface area contributed by atoms with Crippen molar-refractivity contribution in [2.75, 3.05) is 6.54 Å². The molecule has 0 aromatic rings. The van der Waals surface area contributed by atoms with Gasteiger partial charge in [-0.25, -0.2) is 0 Å². The van der Waals surface area contributed by atoms with Gasteiger partial charge in [-0.2, -0.15) is 0 Å². The van der Waals surface area contributed by atoms with Gasteiger partial charge in [0.2, 0.25) is 5.91 Å². The van der Waals surface area contributed by atoms with Gasteiger partial charge in [-0.05, 0) is 32.1 Å². The molecule has 0 saturated heterocycles. The topological polar surface area (TPSA) is 66.4 Å². The lowest BCUT2D eigenvalue weighted by molar-refractivity contribution is -0.138. The first-order valence-electron chi connectivity index (χ1n) is 10.2. The molecule has 0 radical (unpaired) electrons. The third-order valence-electron chi connectivity index (χ3n) is 4.51. The van der Waals surface area contributed by atoms with Crippen LogP contribution in [0.15, 0.2) is 12.2 Å². The average Bonchev–Trinajstić information content (AvgIpc) is 2.59. The summed E-state index contributed by atoms with van der Waals surface area (Å²) in [7, 11) is 0. The Morgan fingerprint density at radius 2 is 1.40 bits per heavy atom. The standard InChI is InChI=1S/C21H39NO3/c1-3-4-5-6-7-8-9-10-11-12-13-14-15-16-17-19(2)21(25)22-18-20(23)24/h10-11,19H,3-9,12-18H2,1-2H3,(H,22,25)(H,23,24)/b11-10-. The zero-order chi connectivity index (χ0) is 18.8. The largest absolute Gasteiger partial charge is 0.480 e. The molecule has 0 aliphatic rings. The number of rotatable bonds is 17. The molecule has 0 saturated carbocycles. The molecular formula is C21H39NO3. The van der Waals surface area contributed by atoms with E-state index in [2.05, 4.69) is 24.4 Å². The number of hydrogen-bond acceptors (Lipinski definition) is 2. The van der Waals surface area contributed by atoms with Crippen molar-refractivity contribution < 1.29 is 14.7 Å². The van der Waals surface area contributed by atoms with Crippen molar-refractivity contribution in [2.24, 2.45) is 5.92 Å². The van der Waals surface area contributed by atoms with Gasteiger partial charge in [0.25, 0.3) is 0 Å².